The van der Waals surface area contributed by atoms with Crippen LogP contribution in [0.2, 0.25) is 0 Å². The Labute approximate surface area is 93.8 Å². The number of nitrogens with one attached hydrogen (secondary N) is 1. The number of piperidine rings is 1. The zero-order valence-electron chi connectivity index (χ0n) is 10.0. The van der Waals surface area contributed by atoms with Gasteiger partial charge in [-0.1, -0.05) is 13.3 Å². The van der Waals surface area contributed by atoms with E-state index in [-0.39, 0.29) is 0 Å². The van der Waals surface area contributed by atoms with E-state index in [4.69, 9.17) is 4.74 Å². The zero-order chi connectivity index (χ0) is 10.5. The van der Waals surface area contributed by atoms with E-state index >= 15 is 0 Å². The summed E-state index contributed by atoms with van der Waals surface area (Å²) in [5.41, 5.74) is 0. The van der Waals surface area contributed by atoms with E-state index in [1.54, 1.807) is 0 Å². The fourth-order valence-electron chi connectivity index (χ4n) is 2.94. The summed E-state index contributed by atoms with van der Waals surface area (Å²) < 4.78 is 5.67. The standard InChI is InChI=1S/C13H25NO/c1-2-11-7-8-14-12(10-11)5-6-13-4-3-9-15-13/h11-14H,2-10H2,1H3. The van der Waals surface area contributed by atoms with E-state index < -0.39 is 0 Å². The van der Waals surface area contributed by atoms with Crippen LogP contribution in [0.25, 0.3) is 0 Å². The molecule has 2 aliphatic heterocycles. The van der Waals surface area contributed by atoms with Gasteiger partial charge >= 0.3 is 0 Å². The van der Waals surface area contributed by atoms with Gasteiger partial charge in [0.15, 0.2) is 0 Å². The van der Waals surface area contributed by atoms with E-state index in [0.717, 1.165) is 18.6 Å². The minimum absolute atomic E-state index is 0.578. The molecular weight excluding hydrogens is 186 g/mol. The van der Waals surface area contributed by atoms with Crippen molar-refractivity contribution in [3.8, 4) is 0 Å². The van der Waals surface area contributed by atoms with E-state index in [1.165, 1.54) is 51.5 Å². The average molecular weight is 211 g/mol. The normalized spacial score (nSPS) is 37.0. The smallest absolute Gasteiger partial charge is 0.0576 e. The molecule has 3 atom stereocenters. The summed E-state index contributed by atoms with van der Waals surface area (Å²) in [6.45, 7) is 4.56. The van der Waals surface area contributed by atoms with Crippen LogP contribution in [0.4, 0.5) is 0 Å². The molecular formula is C13H25NO. The number of hydrogen-bond acceptors (Lipinski definition) is 2. The van der Waals surface area contributed by atoms with Crippen LogP contribution in [-0.4, -0.2) is 25.3 Å². The molecule has 0 aromatic carbocycles. The second kappa shape index (κ2) is 5.86. The van der Waals surface area contributed by atoms with Crippen LogP contribution in [0.5, 0.6) is 0 Å². The lowest BCUT2D eigenvalue weighted by Gasteiger charge is -2.30. The van der Waals surface area contributed by atoms with Gasteiger partial charge in [0.05, 0.1) is 6.10 Å². The van der Waals surface area contributed by atoms with Crippen LogP contribution >= 0.6 is 0 Å². The Kier molecular flexibility index (Phi) is 4.45. The Morgan fingerprint density at radius 1 is 1.27 bits per heavy atom. The monoisotopic (exact) mass is 211 g/mol. The summed E-state index contributed by atoms with van der Waals surface area (Å²) >= 11 is 0. The third kappa shape index (κ3) is 3.46. The summed E-state index contributed by atoms with van der Waals surface area (Å²) in [6.07, 6.45) is 9.88. The maximum atomic E-state index is 5.67. The third-order valence-electron chi connectivity index (χ3n) is 4.04. The zero-order valence-corrected chi connectivity index (χ0v) is 10.0. The number of rotatable bonds is 4. The van der Waals surface area contributed by atoms with E-state index in [9.17, 15) is 0 Å². The van der Waals surface area contributed by atoms with E-state index in [0.29, 0.717) is 6.10 Å². The quantitative estimate of drug-likeness (QED) is 0.772. The number of ether oxygens (including phenoxy) is 1. The molecule has 2 heterocycles. The summed E-state index contributed by atoms with van der Waals surface area (Å²) in [5.74, 6) is 0.973. The molecule has 0 aromatic rings. The maximum absolute atomic E-state index is 5.67. The molecule has 0 amide bonds. The van der Waals surface area contributed by atoms with Gasteiger partial charge in [-0.3, -0.25) is 0 Å². The summed E-state index contributed by atoms with van der Waals surface area (Å²) in [6, 6.07) is 0.771. The second-order valence-corrected chi connectivity index (χ2v) is 5.16. The minimum Gasteiger partial charge on any atom is -0.378 e. The largest absolute Gasteiger partial charge is 0.378 e. The van der Waals surface area contributed by atoms with Crippen LogP contribution in [0.15, 0.2) is 0 Å². The Hall–Kier alpha value is -0.0800. The van der Waals surface area contributed by atoms with Crippen molar-refractivity contribution in [1.82, 2.24) is 5.32 Å². The van der Waals surface area contributed by atoms with Gasteiger partial charge in [-0.05, 0) is 51.0 Å². The molecule has 2 fully saturated rings. The van der Waals surface area contributed by atoms with Crippen molar-refractivity contribution in [2.24, 2.45) is 5.92 Å². The van der Waals surface area contributed by atoms with Gasteiger partial charge in [0, 0.05) is 12.6 Å². The van der Waals surface area contributed by atoms with Gasteiger partial charge in [0.2, 0.25) is 0 Å². The van der Waals surface area contributed by atoms with Crippen LogP contribution < -0.4 is 5.32 Å². The molecule has 0 bridgehead atoms. The van der Waals surface area contributed by atoms with Crippen molar-refractivity contribution in [3.05, 3.63) is 0 Å². The van der Waals surface area contributed by atoms with Crippen molar-refractivity contribution in [3.63, 3.8) is 0 Å². The first-order valence-corrected chi connectivity index (χ1v) is 6.73. The van der Waals surface area contributed by atoms with Crippen LogP contribution in [0.1, 0.15) is 51.9 Å². The molecule has 88 valence electrons. The predicted molar refractivity (Wildman–Crippen MR) is 63.0 cm³/mol. The van der Waals surface area contributed by atoms with Gasteiger partial charge in [-0.25, -0.2) is 0 Å². The highest BCUT2D eigenvalue weighted by molar-refractivity contribution is 4.79. The van der Waals surface area contributed by atoms with Gasteiger partial charge in [-0.2, -0.15) is 0 Å². The van der Waals surface area contributed by atoms with Crippen molar-refractivity contribution in [2.75, 3.05) is 13.2 Å². The Morgan fingerprint density at radius 3 is 2.93 bits per heavy atom. The van der Waals surface area contributed by atoms with Gasteiger partial charge in [0.25, 0.3) is 0 Å². The highest BCUT2D eigenvalue weighted by atomic mass is 16.5. The maximum Gasteiger partial charge on any atom is 0.0576 e. The topological polar surface area (TPSA) is 21.3 Å². The Bertz CT molecular complexity index is 177. The molecule has 0 aliphatic carbocycles. The van der Waals surface area contributed by atoms with E-state index in [1.807, 2.05) is 0 Å². The van der Waals surface area contributed by atoms with Crippen molar-refractivity contribution >= 4 is 0 Å². The Balaban J connectivity index is 1.65. The molecule has 3 unspecified atom stereocenters. The first-order valence-electron chi connectivity index (χ1n) is 6.73. The van der Waals surface area contributed by atoms with Gasteiger partial charge < -0.3 is 10.1 Å². The van der Waals surface area contributed by atoms with Gasteiger partial charge in [0.1, 0.15) is 0 Å². The van der Waals surface area contributed by atoms with Crippen molar-refractivity contribution < 1.29 is 4.74 Å². The predicted octanol–water partition coefficient (Wildman–Crippen LogP) is 2.72. The van der Waals surface area contributed by atoms with Crippen LogP contribution in [0, 0.1) is 5.92 Å². The lowest BCUT2D eigenvalue weighted by molar-refractivity contribution is 0.0971. The second-order valence-electron chi connectivity index (χ2n) is 5.16. The molecule has 15 heavy (non-hydrogen) atoms. The van der Waals surface area contributed by atoms with Crippen LogP contribution in [0.3, 0.4) is 0 Å². The molecule has 0 radical (unpaired) electrons. The summed E-state index contributed by atoms with van der Waals surface area (Å²) in [4.78, 5) is 0. The SMILES string of the molecule is CCC1CCNC(CCC2CCCO2)C1. The van der Waals surface area contributed by atoms with Crippen molar-refractivity contribution in [2.45, 2.75) is 64.0 Å². The van der Waals surface area contributed by atoms with Crippen LogP contribution in [-0.2, 0) is 4.74 Å². The fraction of sp³-hybridized carbons (Fsp3) is 1.00. The average Bonchev–Trinajstić information content (AvgIpc) is 2.79. The lowest BCUT2D eigenvalue weighted by atomic mass is 9.88. The number of hydrogen-bond donors (Lipinski definition) is 1. The highest BCUT2D eigenvalue weighted by Gasteiger charge is 2.22. The molecule has 2 nitrogen and oxygen atoms in total. The minimum atomic E-state index is 0.578. The highest BCUT2D eigenvalue weighted by Crippen LogP contribution is 2.24. The molecule has 2 saturated heterocycles. The third-order valence-corrected chi connectivity index (χ3v) is 4.04. The molecule has 2 heteroatoms. The molecule has 1 N–H and O–H groups in total. The fourth-order valence-corrected chi connectivity index (χ4v) is 2.94. The lowest BCUT2D eigenvalue weighted by Crippen LogP contribution is -2.38. The molecule has 0 saturated carbocycles. The summed E-state index contributed by atoms with van der Waals surface area (Å²) in [7, 11) is 0. The molecule has 0 spiro atoms. The van der Waals surface area contributed by atoms with E-state index in [2.05, 4.69) is 12.2 Å². The van der Waals surface area contributed by atoms with Gasteiger partial charge in [-0.15, -0.1) is 0 Å². The summed E-state index contributed by atoms with van der Waals surface area (Å²) in [5, 5.41) is 3.65. The molecule has 2 aliphatic rings. The first kappa shape index (κ1) is 11.4. The van der Waals surface area contributed by atoms with Crippen molar-refractivity contribution in [1.29, 1.82) is 0 Å². The first-order chi connectivity index (χ1) is 7.38. The molecule has 2 rings (SSSR count). The molecule has 0 aromatic heterocycles. The Morgan fingerprint density at radius 2 is 2.20 bits per heavy atom.